The first-order valence-electron chi connectivity index (χ1n) is 7.21. The summed E-state index contributed by atoms with van der Waals surface area (Å²) in [6.07, 6.45) is 1.67. The summed E-state index contributed by atoms with van der Waals surface area (Å²) in [5.74, 6) is -0.344. The molecule has 1 spiro atoms. The van der Waals surface area contributed by atoms with E-state index in [1.165, 1.54) is 0 Å². The molecule has 21 heavy (non-hydrogen) atoms. The molecular formula is C15H19IN2O3. The summed E-state index contributed by atoms with van der Waals surface area (Å²) in [7, 11) is 0. The van der Waals surface area contributed by atoms with Gasteiger partial charge in [0.1, 0.15) is 0 Å². The fourth-order valence-corrected chi connectivity index (χ4v) is 3.13. The van der Waals surface area contributed by atoms with Crippen LogP contribution in [-0.2, 0) is 14.3 Å². The lowest BCUT2D eigenvalue weighted by Crippen LogP contribution is -2.47. The lowest BCUT2D eigenvalue weighted by atomic mass is 10.0. The Hall–Kier alpha value is -0.700. The highest BCUT2D eigenvalue weighted by Crippen LogP contribution is 2.31. The zero-order chi connectivity index (χ0) is 14.7. The lowest BCUT2D eigenvalue weighted by molar-refractivity contribution is -0.185. The van der Waals surface area contributed by atoms with Crippen LogP contribution in [0.3, 0.4) is 0 Å². The number of hydrogen-bond donors (Lipinski definition) is 1. The number of amides is 1. The van der Waals surface area contributed by atoms with Gasteiger partial charge in [0.05, 0.1) is 19.8 Å². The van der Waals surface area contributed by atoms with Crippen molar-refractivity contribution in [3.05, 3.63) is 27.8 Å². The van der Waals surface area contributed by atoms with Gasteiger partial charge >= 0.3 is 0 Å². The van der Waals surface area contributed by atoms with Crippen LogP contribution < -0.4 is 5.32 Å². The number of carbonyl (C=O) groups excluding carboxylic acids is 1. The van der Waals surface area contributed by atoms with Crippen LogP contribution in [0.5, 0.6) is 0 Å². The van der Waals surface area contributed by atoms with Gasteiger partial charge in [-0.15, -0.1) is 0 Å². The van der Waals surface area contributed by atoms with Gasteiger partial charge < -0.3 is 14.8 Å². The molecule has 2 aliphatic heterocycles. The van der Waals surface area contributed by atoms with Crippen LogP contribution in [0.4, 0.5) is 5.69 Å². The molecule has 2 aliphatic rings. The third-order valence-electron chi connectivity index (χ3n) is 3.93. The van der Waals surface area contributed by atoms with E-state index in [2.05, 4.69) is 32.8 Å². The predicted octanol–water partition coefficient (Wildman–Crippen LogP) is 2.07. The second-order valence-electron chi connectivity index (χ2n) is 5.44. The SMILES string of the molecule is O=C(CN1CCC2(CC1)OCCO2)Nc1ccc(I)cc1. The molecule has 0 saturated carbocycles. The molecule has 114 valence electrons. The first-order chi connectivity index (χ1) is 10.2. The minimum Gasteiger partial charge on any atom is -0.347 e. The fourth-order valence-electron chi connectivity index (χ4n) is 2.77. The monoisotopic (exact) mass is 402 g/mol. The summed E-state index contributed by atoms with van der Waals surface area (Å²) in [6.45, 7) is 3.46. The van der Waals surface area contributed by atoms with Crippen molar-refractivity contribution in [2.45, 2.75) is 18.6 Å². The molecular weight excluding hydrogens is 383 g/mol. The number of rotatable bonds is 3. The maximum Gasteiger partial charge on any atom is 0.238 e. The smallest absolute Gasteiger partial charge is 0.238 e. The Bertz CT molecular complexity index is 490. The van der Waals surface area contributed by atoms with Gasteiger partial charge in [0.2, 0.25) is 5.91 Å². The van der Waals surface area contributed by atoms with E-state index in [1.807, 2.05) is 24.3 Å². The third-order valence-corrected chi connectivity index (χ3v) is 4.65. The molecule has 0 radical (unpaired) electrons. The van der Waals surface area contributed by atoms with Crippen molar-refractivity contribution in [2.75, 3.05) is 38.2 Å². The molecule has 5 nitrogen and oxygen atoms in total. The molecule has 1 aromatic rings. The van der Waals surface area contributed by atoms with E-state index in [4.69, 9.17) is 9.47 Å². The van der Waals surface area contributed by atoms with Crippen LogP contribution in [0.1, 0.15) is 12.8 Å². The zero-order valence-electron chi connectivity index (χ0n) is 11.8. The Morgan fingerprint density at radius 1 is 1.19 bits per heavy atom. The molecule has 0 aliphatic carbocycles. The molecule has 2 heterocycles. The molecule has 0 atom stereocenters. The Labute approximate surface area is 138 Å². The van der Waals surface area contributed by atoms with Gasteiger partial charge in [-0.3, -0.25) is 9.69 Å². The van der Waals surface area contributed by atoms with Gasteiger partial charge in [-0.1, -0.05) is 0 Å². The van der Waals surface area contributed by atoms with Crippen molar-refractivity contribution in [2.24, 2.45) is 0 Å². The van der Waals surface area contributed by atoms with E-state index in [0.29, 0.717) is 19.8 Å². The van der Waals surface area contributed by atoms with Crippen LogP contribution in [0.2, 0.25) is 0 Å². The number of halogens is 1. The van der Waals surface area contributed by atoms with Gasteiger partial charge in [-0.05, 0) is 46.9 Å². The second kappa shape index (κ2) is 6.60. The second-order valence-corrected chi connectivity index (χ2v) is 6.68. The van der Waals surface area contributed by atoms with Crippen molar-refractivity contribution in [1.82, 2.24) is 4.90 Å². The number of hydrogen-bond acceptors (Lipinski definition) is 4. The summed E-state index contributed by atoms with van der Waals surface area (Å²) in [6, 6.07) is 7.81. The Balaban J connectivity index is 1.46. The maximum atomic E-state index is 12.1. The Morgan fingerprint density at radius 3 is 2.43 bits per heavy atom. The average molecular weight is 402 g/mol. The summed E-state index contributed by atoms with van der Waals surface area (Å²) in [5, 5.41) is 2.93. The fraction of sp³-hybridized carbons (Fsp3) is 0.533. The minimum atomic E-state index is -0.372. The van der Waals surface area contributed by atoms with Crippen LogP contribution in [-0.4, -0.2) is 49.4 Å². The highest BCUT2D eigenvalue weighted by molar-refractivity contribution is 14.1. The van der Waals surface area contributed by atoms with Crippen LogP contribution in [0.25, 0.3) is 0 Å². The molecule has 6 heteroatoms. The zero-order valence-corrected chi connectivity index (χ0v) is 14.0. The highest BCUT2D eigenvalue weighted by Gasteiger charge is 2.39. The summed E-state index contributed by atoms with van der Waals surface area (Å²) >= 11 is 2.25. The first kappa shape index (κ1) is 15.2. The van der Waals surface area contributed by atoms with Crippen molar-refractivity contribution < 1.29 is 14.3 Å². The van der Waals surface area contributed by atoms with Gasteiger partial charge in [0, 0.05) is 35.2 Å². The number of benzene rings is 1. The van der Waals surface area contributed by atoms with Gasteiger partial charge in [0.25, 0.3) is 0 Å². The quantitative estimate of drug-likeness (QED) is 0.787. The molecule has 0 aromatic heterocycles. The molecule has 3 rings (SSSR count). The molecule has 0 bridgehead atoms. The number of ether oxygens (including phenoxy) is 2. The van der Waals surface area contributed by atoms with Crippen molar-refractivity contribution in [3.63, 3.8) is 0 Å². The summed E-state index contributed by atoms with van der Waals surface area (Å²) in [5.41, 5.74) is 0.844. The van der Waals surface area contributed by atoms with Gasteiger partial charge in [-0.2, -0.15) is 0 Å². The topological polar surface area (TPSA) is 50.8 Å². The normalized spacial score (nSPS) is 21.6. The summed E-state index contributed by atoms with van der Waals surface area (Å²) < 4.78 is 12.5. The van der Waals surface area contributed by atoms with E-state index in [1.54, 1.807) is 0 Å². The Kier molecular flexibility index (Phi) is 4.78. The summed E-state index contributed by atoms with van der Waals surface area (Å²) in [4.78, 5) is 14.2. The number of likely N-dealkylation sites (tertiary alicyclic amines) is 1. The highest BCUT2D eigenvalue weighted by atomic mass is 127. The van der Waals surface area contributed by atoms with E-state index in [0.717, 1.165) is 35.2 Å². The molecule has 1 N–H and O–H groups in total. The minimum absolute atomic E-state index is 0.0282. The molecule has 2 fully saturated rings. The largest absolute Gasteiger partial charge is 0.347 e. The predicted molar refractivity (Wildman–Crippen MR) is 88.1 cm³/mol. The van der Waals surface area contributed by atoms with Crippen molar-refractivity contribution in [3.8, 4) is 0 Å². The average Bonchev–Trinajstić information content (AvgIpc) is 2.93. The van der Waals surface area contributed by atoms with Crippen molar-refractivity contribution >= 4 is 34.2 Å². The van der Waals surface area contributed by atoms with Crippen LogP contribution in [0.15, 0.2) is 24.3 Å². The first-order valence-corrected chi connectivity index (χ1v) is 8.29. The molecule has 1 amide bonds. The Morgan fingerprint density at radius 2 is 1.81 bits per heavy atom. The van der Waals surface area contributed by atoms with E-state index >= 15 is 0 Å². The van der Waals surface area contributed by atoms with Gasteiger partial charge in [0.15, 0.2) is 5.79 Å². The molecule has 0 unspecified atom stereocenters. The number of carbonyl (C=O) groups is 1. The van der Waals surface area contributed by atoms with Crippen LogP contribution in [0, 0.1) is 3.57 Å². The number of piperidine rings is 1. The van der Waals surface area contributed by atoms with E-state index in [-0.39, 0.29) is 11.7 Å². The van der Waals surface area contributed by atoms with E-state index < -0.39 is 0 Å². The third kappa shape index (κ3) is 3.94. The lowest BCUT2D eigenvalue weighted by Gasteiger charge is -2.37. The maximum absolute atomic E-state index is 12.1. The van der Waals surface area contributed by atoms with E-state index in [9.17, 15) is 4.79 Å². The van der Waals surface area contributed by atoms with Crippen LogP contribution >= 0.6 is 22.6 Å². The standard InChI is InChI=1S/C15H19IN2O3/c16-12-1-3-13(4-2-12)17-14(19)11-18-7-5-15(6-8-18)20-9-10-21-15/h1-4H,5-11H2,(H,17,19). The van der Waals surface area contributed by atoms with Gasteiger partial charge in [-0.25, -0.2) is 0 Å². The number of nitrogens with one attached hydrogen (secondary N) is 1. The molecule has 1 aromatic carbocycles. The van der Waals surface area contributed by atoms with Crippen molar-refractivity contribution in [1.29, 1.82) is 0 Å². The molecule has 2 saturated heterocycles. The number of anilines is 1. The number of nitrogens with zero attached hydrogens (tertiary/aromatic N) is 1.